The standard InChI is InChI=1S/C12H26S/c1-5-7-9-12(4,11(3)13)10-8-6-2/h11,13H,5-10H2,1-4H3. The second kappa shape index (κ2) is 6.75. The molecule has 0 nitrogen and oxygen atoms in total. The summed E-state index contributed by atoms with van der Waals surface area (Å²) in [4.78, 5) is 0. The van der Waals surface area contributed by atoms with Crippen molar-refractivity contribution in [1.29, 1.82) is 0 Å². The lowest BCUT2D eigenvalue weighted by atomic mass is 9.77. The second-order valence-electron chi connectivity index (χ2n) is 4.54. The zero-order valence-electron chi connectivity index (χ0n) is 9.77. The number of unbranched alkanes of at least 4 members (excludes halogenated alkanes) is 2. The maximum absolute atomic E-state index is 4.62. The van der Waals surface area contributed by atoms with Gasteiger partial charge in [0, 0.05) is 5.25 Å². The van der Waals surface area contributed by atoms with E-state index in [1.54, 1.807) is 0 Å². The van der Waals surface area contributed by atoms with Crippen LogP contribution < -0.4 is 0 Å². The van der Waals surface area contributed by atoms with E-state index < -0.39 is 0 Å². The third-order valence-electron chi connectivity index (χ3n) is 3.21. The molecule has 0 aromatic rings. The number of rotatable bonds is 7. The normalized spacial score (nSPS) is 14.5. The van der Waals surface area contributed by atoms with Crippen LogP contribution in [0.1, 0.15) is 66.2 Å². The Morgan fingerprint density at radius 3 is 1.69 bits per heavy atom. The summed E-state index contributed by atoms with van der Waals surface area (Å²) in [5.74, 6) is 0. The van der Waals surface area contributed by atoms with Gasteiger partial charge in [0.05, 0.1) is 0 Å². The minimum atomic E-state index is 0.467. The molecule has 0 aliphatic carbocycles. The van der Waals surface area contributed by atoms with Crippen LogP contribution in [0.2, 0.25) is 0 Å². The number of thiol groups is 1. The first kappa shape index (κ1) is 13.4. The fourth-order valence-corrected chi connectivity index (χ4v) is 1.96. The van der Waals surface area contributed by atoms with Gasteiger partial charge in [-0.3, -0.25) is 0 Å². The first-order valence-electron chi connectivity index (χ1n) is 5.75. The van der Waals surface area contributed by atoms with Crippen LogP contribution in [0, 0.1) is 5.41 Å². The van der Waals surface area contributed by atoms with Crippen LogP contribution in [0.5, 0.6) is 0 Å². The Morgan fingerprint density at radius 2 is 1.46 bits per heavy atom. The summed E-state index contributed by atoms with van der Waals surface area (Å²) in [5.41, 5.74) is 0.467. The van der Waals surface area contributed by atoms with Crippen LogP contribution in [-0.4, -0.2) is 5.25 Å². The van der Waals surface area contributed by atoms with Crippen molar-refractivity contribution in [3.8, 4) is 0 Å². The highest BCUT2D eigenvalue weighted by Crippen LogP contribution is 2.36. The Labute approximate surface area is 89.9 Å². The topological polar surface area (TPSA) is 0 Å². The van der Waals surface area contributed by atoms with Crippen molar-refractivity contribution in [2.24, 2.45) is 5.41 Å². The van der Waals surface area contributed by atoms with E-state index in [2.05, 4.69) is 40.3 Å². The summed E-state index contributed by atoms with van der Waals surface area (Å²) < 4.78 is 0. The molecule has 0 saturated heterocycles. The zero-order chi connectivity index (χ0) is 10.3. The van der Waals surface area contributed by atoms with Gasteiger partial charge in [0.15, 0.2) is 0 Å². The van der Waals surface area contributed by atoms with E-state index in [-0.39, 0.29) is 0 Å². The molecular weight excluding hydrogens is 176 g/mol. The summed E-state index contributed by atoms with van der Waals surface area (Å²) in [5, 5.41) is 0.533. The quantitative estimate of drug-likeness (QED) is 0.569. The predicted octanol–water partition coefficient (Wildman–Crippen LogP) is 4.69. The largest absolute Gasteiger partial charge is 0.176 e. The summed E-state index contributed by atoms with van der Waals surface area (Å²) in [6.07, 6.45) is 8.00. The Bertz CT molecular complexity index is 110. The average molecular weight is 202 g/mol. The van der Waals surface area contributed by atoms with Crippen LogP contribution in [0.15, 0.2) is 0 Å². The highest BCUT2D eigenvalue weighted by Gasteiger charge is 2.27. The fourth-order valence-electron chi connectivity index (χ4n) is 1.70. The highest BCUT2D eigenvalue weighted by atomic mass is 32.1. The van der Waals surface area contributed by atoms with Crippen molar-refractivity contribution >= 4 is 12.6 Å². The van der Waals surface area contributed by atoms with Crippen molar-refractivity contribution < 1.29 is 0 Å². The maximum atomic E-state index is 4.62. The van der Waals surface area contributed by atoms with Gasteiger partial charge in [-0.2, -0.15) is 12.6 Å². The van der Waals surface area contributed by atoms with E-state index >= 15 is 0 Å². The molecular formula is C12H26S. The smallest absolute Gasteiger partial charge is 0.00423 e. The molecule has 0 saturated carbocycles. The molecule has 0 spiro atoms. The maximum Gasteiger partial charge on any atom is 0.00423 e. The van der Waals surface area contributed by atoms with E-state index in [1.165, 1.54) is 38.5 Å². The SMILES string of the molecule is CCCCC(C)(CCCC)C(C)S. The van der Waals surface area contributed by atoms with Gasteiger partial charge < -0.3 is 0 Å². The van der Waals surface area contributed by atoms with Gasteiger partial charge in [-0.15, -0.1) is 0 Å². The monoisotopic (exact) mass is 202 g/mol. The fraction of sp³-hybridized carbons (Fsp3) is 1.00. The lowest BCUT2D eigenvalue weighted by Gasteiger charge is -2.33. The summed E-state index contributed by atoms with van der Waals surface area (Å²) in [7, 11) is 0. The van der Waals surface area contributed by atoms with Crippen LogP contribution in [0.4, 0.5) is 0 Å². The van der Waals surface area contributed by atoms with Crippen LogP contribution in [0.25, 0.3) is 0 Å². The van der Waals surface area contributed by atoms with Crippen LogP contribution in [0.3, 0.4) is 0 Å². The van der Waals surface area contributed by atoms with E-state index in [9.17, 15) is 0 Å². The lowest BCUT2D eigenvalue weighted by molar-refractivity contribution is 0.256. The summed E-state index contributed by atoms with van der Waals surface area (Å²) in [6, 6.07) is 0. The molecule has 0 aromatic heterocycles. The third-order valence-corrected chi connectivity index (χ3v) is 3.83. The van der Waals surface area contributed by atoms with Gasteiger partial charge in [-0.25, -0.2) is 0 Å². The molecule has 0 rings (SSSR count). The zero-order valence-corrected chi connectivity index (χ0v) is 10.7. The molecule has 80 valence electrons. The number of hydrogen-bond acceptors (Lipinski definition) is 1. The van der Waals surface area contributed by atoms with E-state index in [4.69, 9.17) is 0 Å². The minimum Gasteiger partial charge on any atom is -0.176 e. The number of hydrogen-bond donors (Lipinski definition) is 1. The Hall–Kier alpha value is 0.350. The Kier molecular flexibility index (Phi) is 6.93. The molecule has 0 N–H and O–H groups in total. The molecule has 0 radical (unpaired) electrons. The van der Waals surface area contributed by atoms with Crippen molar-refractivity contribution in [3.63, 3.8) is 0 Å². The molecule has 0 fully saturated rings. The van der Waals surface area contributed by atoms with Gasteiger partial charge in [0.25, 0.3) is 0 Å². The molecule has 0 bridgehead atoms. The minimum absolute atomic E-state index is 0.467. The van der Waals surface area contributed by atoms with Gasteiger partial charge in [0.1, 0.15) is 0 Å². The van der Waals surface area contributed by atoms with Crippen LogP contribution >= 0.6 is 12.6 Å². The van der Waals surface area contributed by atoms with Crippen molar-refractivity contribution in [1.82, 2.24) is 0 Å². The average Bonchev–Trinajstić information content (AvgIpc) is 2.11. The Balaban J connectivity index is 4.00. The van der Waals surface area contributed by atoms with Crippen molar-refractivity contribution in [2.75, 3.05) is 0 Å². The second-order valence-corrected chi connectivity index (χ2v) is 5.31. The molecule has 13 heavy (non-hydrogen) atoms. The Morgan fingerprint density at radius 1 is 1.08 bits per heavy atom. The van der Waals surface area contributed by atoms with Gasteiger partial charge in [0.2, 0.25) is 0 Å². The van der Waals surface area contributed by atoms with Crippen molar-refractivity contribution in [2.45, 2.75) is 71.5 Å². The molecule has 0 aliphatic heterocycles. The lowest BCUT2D eigenvalue weighted by Crippen LogP contribution is -2.26. The van der Waals surface area contributed by atoms with E-state index in [0.29, 0.717) is 10.7 Å². The first-order chi connectivity index (χ1) is 6.06. The first-order valence-corrected chi connectivity index (χ1v) is 6.26. The van der Waals surface area contributed by atoms with E-state index in [0.717, 1.165) is 0 Å². The molecule has 1 unspecified atom stereocenters. The van der Waals surface area contributed by atoms with Crippen molar-refractivity contribution in [3.05, 3.63) is 0 Å². The van der Waals surface area contributed by atoms with Crippen LogP contribution in [-0.2, 0) is 0 Å². The highest BCUT2D eigenvalue weighted by molar-refractivity contribution is 7.81. The predicted molar refractivity (Wildman–Crippen MR) is 65.6 cm³/mol. The molecule has 1 atom stereocenters. The molecule has 0 amide bonds. The summed E-state index contributed by atoms with van der Waals surface area (Å²) in [6.45, 7) is 9.18. The third kappa shape index (κ3) is 4.95. The molecule has 0 aliphatic rings. The van der Waals surface area contributed by atoms with Gasteiger partial charge >= 0.3 is 0 Å². The van der Waals surface area contributed by atoms with E-state index in [1.807, 2.05) is 0 Å². The van der Waals surface area contributed by atoms with Gasteiger partial charge in [-0.05, 0) is 18.3 Å². The van der Waals surface area contributed by atoms with Gasteiger partial charge in [-0.1, -0.05) is 53.4 Å². The summed E-state index contributed by atoms with van der Waals surface area (Å²) >= 11 is 4.62. The molecule has 1 heteroatoms. The molecule has 0 heterocycles. The molecule has 0 aromatic carbocycles.